The molecule has 4 rings (SSSR count). The number of β-amino-alcohol motifs (C(OH)–C–C–N with tert-alkyl or cyclic N) is 1. The Hall–Kier alpha value is -2.01. The molecule has 0 radical (unpaired) electrons. The minimum absolute atomic E-state index is 0.282. The number of nitrogens with zero attached hydrogens (tertiary/aromatic N) is 1. The zero-order valence-corrected chi connectivity index (χ0v) is 16.1. The highest BCUT2D eigenvalue weighted by molar-refractivity contribution is 7.08. The normalized spacial score (nSPS) is 16.9. The number of hydrogen-bond acceptors (Lipinski definition) is 4. The van der Waals surface area contributed by atoms with E-state index < -0.39 is 0 Å². The Morgan fingerprint density at radius 1 is 1.12 bits per heavy atom. The molecule has 0 amide bonds. The number of aliphatic hydroxyl groups is 1. The highest BCUT2D eigenvalue weighted by Crippen LogP contribution is 2.42. The summed E-state index contributed by atoms with van der Waals surface area (Å²) in [5.41, 5.74) is 5.57. The maximum Gasteiger partial charge on any atom is 0.142 e. The first-order chi connectivity index (χ1) is 12.7. The molecular weight excluding hydrogens is 366 g/mol. The molecule has 1 fully saturated rings. The molecule has 5 heteroatoms. The summed E-state index contributed by atoms with van der Waals surface area (Å²) in [4.78, 5) is 2.19. The number of aliphatic hydroxyl groups excluding tert-OH is 1. The quantitative estimate of drug-likeness (QED) is 0.660. The second-order valence-electron chi connectivity index (χ2n) is 6.48. The molecule has 1 aliphatic heterocycles. The zero-order valence-electron chi connectivity index (χ0n) is 14.5. The molecule has 3 nitrogen and oxygen atoms in total. The van der Waals surface area contributed by atoms with Crippen LogP contribution in [0.15, 0.2) is 53.2 Å². The minimum atomic E-state index is -0.282. The molecule has 1 saturated heterocycles. The number of benzene rings is 2. The molecule has 3 aromatic rings. The molecule has 1 atom stereocenters. The van der Waals surface area contributed by atoms with Crippen molar-refractivity contribution in [2.75, 3.05) is 25.1 Å². The van der Waals surface area contributed by atoms with Crippen molar-refractivity contribution in [2.45, 2.75) is 12.5 Å². The lowest BCUT2D eigenvalue weighted by Crippen LogP contribution is -2.21. The third-order valence-electron chi connectivity index (χ3n) is 4.81. The monoisotopic (exact) mass is 385 g/mol. The molecule has 0 bridgehead atoms. The Morgan fingerprint density at radius 2 is 1.88 bits per heavy atom. The predicted octanol–water partition coefficient (Wildman–Crippen LogP) is 5.32. The van der Waals surface area contributed by atoms with E-state index in [1.54, 1.807) is 18.4 Å². The first-order valence-electron chi connectivity index (χ1n) is 8.59. The Bertz CT molecular complexity index is 893. The molecule has 0 spiro atoms. The Morgan fingerprint density at radius 3 is 2.50 bits per heavy atom. The number of ether oxygens (including phenoxy) is 1. The third-order valence-corrected chi connectivity index (χ3v) is 5.75. The van der Waals surface area contributed by atoms with Gasteiger partial charge in [0, 0.05) is 18.1 Å². The van der Waals surface area contributed by atoms with Crippen molar-refractivity contribution in [1.82, 2.24) is 0 Å². The van der Waals surface area contributed by atoms with E-state index >= 15 is 0 Å². The van der Waals surface area contributed by atoms with E-state index in [-0.39, 0.29) is 6.10 Å². The third kappa shape index (κ3) is 3.32. The van der Waals surface area contributed by atoms with Gasteiger partial charge in [0.25, 0.3) is 0 Å². The molecule has 0 aliphatic carbocycles. The lowest BCUT2D eigenvalue weighted by molar-refractivity contribution is 0.198. The summed E-state index contributed by atoms with van der Waals surface area (Å²) in [6.45, 7) is 1.46. The number of thiophene rings is 1. The number of halogens is 1. The smallest absolute Gasteiger partial charge is 0.142 e. The summed E-state index contributed by atoms with van der Waals surface area (Å²) in [6.07, 6.45) is 0.501. The molecule has 26 heavy (non-hydrogen) atoms. The molecule has 0 unspecified atom stereocenters. The van der Waals surface area contributed by atoms with Gasteiger partial charge in [0.15, 0.2) is 0 Å². The van der Waals surface area contributed by atoms with E-state index in [0.29, 0.717) is 6.54 Å². The largest absolute Gasteiger partial charge is 0.495 e. The van der Waals surface area contributed by atoms with Crippen LogP contribution in [0.25, 0.3) is 22.3 Å². The molecule has 0 saturated carbocycles. The maximum atomic E-state index is 9.95. The van der Waals surface area contributed by atoms with Gasteiger partial charge in [-0.05, 0) is 69.8 Å². The van der Waals surface area contributed by atoms with Crippen molar-refractivity contribution in [1.29, 1.82) is 0 Å². The van der Waals surface area contributed by atoms with Crippen LogP contribution in [0.4, 0.5) is 5.69 Å². The zero-order chi connectivity index (χ0) is 18.1. The van der Waals surface area contributed by atoms with Gasteiger partial charge in [-0.15, -0.1) is 0 Å². The Kier molecular flexibility index (Phi) is 4.90. The fraction of sp³-hybridized carbons (Fsp3) is 0.238. The molecule has 1 aromatic heterocycles. The van der Waals surface area contributed by atoms with Crippen LogP contribution in [0.2, 0.25) is 5.02 Å². The summed E-state index contributed by atoms with van der Waals surface area (Å²) in [6, 6.07) is 14.3. The van der Waals surface area contributed by atoms with Gasteiger partial charge in [-0.2, -0.15) is 11.3 Å². The van der Waals surface area contributed by atoms with Gasteiger partial charge in [-0.3, -0.25) is 0 Å². The summed E-state index contributed by atoms with van der Waals surface area (Å²) in [7, 11) is 1.70. The van der Waals surface area contributed by atoms with E-state index in [2.05, 4.69) is 33.9 Å². The highest BCUT2D eigenvalue weighted by atomic mass is 35.5. The fourth-order valence-electron chi connectivity index (χ4n) is 3.46. The summed E-state index contributed by atoms with van der Waals surface area (Å²) in [5.74, 6) is 0.831. The second kappa shape index (κ2) is 7.31. The van der Waals surface area contributed by atoms with Gasteiger partial charge in [0.1, 0.15) is 5.75 Å². The van der Waals surface area contributed by atoms with Crippen LogP contribution in [-0.2, 0) is 0 Å². The molecule has 134 valence electrons. The van der Waals surface area contributed by atoms with Crippen molar-refractivity contribution < 1.29 is 9.84 Å². The van der Waals surface area contributed by atoms with E-state index in [0.717, 1.165) is 46.1 Å². The molecule has 2 aromatic carbocycles. The average Bonchev–Trinajstić information content (AvgIpc) is 3.33. The molecule has 2 heterocycles. The summed E-state index contributed by atoms with van der Waals surface area (Å²) >= 11 is 7.76. The number of hydrogen-bond donors (Lipinski definition) is 1. The standard InChI is InChI=1S/C21H20ClNO2S/c1-25-21-11-19(15-7-9-26-13-15)18(14-2-4-16(22)5-3-14)10-20(21)23-8-6-17(24)12-23/h2-5,7,9-11,13,17,24H,6,8,12H2,1H3/t17-/m1/s1. The van der Waals surface area contributed by atoms with Crippen molar-refractivity contribution in [3.8, 4) is 28.0 Å². The molecule has 1 aliphatic rings. The fourth-order valence-corrected chi connectivity index (χ4v) is 4.25. The SMILES string of the molecule is COc1cc(-c2ccsc2)c(-c2ccc(Cl)cc2)cc1N1CC[C@@H](O)C1. The van der Waals surface area contributed by atoms with Gasteiger partial charge in [-0.25, -0.2) is 0 Å². The lowest BCUT2D eigenvalue weighted by Gasteiger charge is -2.23. The van der Waals surface area contributed by atoms with Gasteiger partial charge in [-0.1, -0.05) is 23.7 Å². The first kappa shape index (κ1) is 17.4. The average molecular weight is 386 g/mol. The lowest BCUT2D eigenvalue weighted by atomic mass is 9.94. The Balaban J connectivity index is 1.89. The highest BCUT2D eigenvalue weighted by Gasteiger charge is 2.24. The number of anilines is 1. The van der Waals surface area contributed by atoms with E-state index in [9.17, 15) is 5.11 Å². The van der Waals surface area contributed by atoms with Crippen molar-refractivity contribution in [3.63, 3.8) is 0 Å². The molecule has 1 N–H and O–H groups in total. The van der Waals surface area contributed by atoms with Crippen LogP contribution in [0.5, 0.6) is 5.75 Å². The van der Waals surface area contributed by atoms with Gasteiger partial charge < -0.3 is 14.7 Å². The first-order valence-corrected chi connectivity index (χ1v) is 9.91. The predicted molar refractivity (Wildman–Crippen MR) is 110 cm³/mol. The van der Waals surface area contributed by atoms with Crippen LogP contribution in [0.3, 0.4) is 0 Å². The van der Waals surface area contributed by atoms with E-state index in [1.165, 1.54) is 5.56 Å². The minimum Gasteiger partial charge on any atom is -0.495 e. The summed E-state index contributed by atoms with van der Waals surface area (Å²) in [5, 5.41) is 14.9. The van der Waals surface area contributed by atoms with Crippen LogP contribution < -0.4 is 9.64 Å². The maximum absolute atomic E-state index is 9.95. The number of rotatable bonds is 4. The van der Waals surface area contributed by atoms with Crippen molar-refractivity contribution in [2.24, 2.45) is 0 Å². The van der Waals surface area contributed by atoms with Gasteiger partial charge in [0.05, 0.1) is 18.9 Å². The topological polar surface area (TPSA) is 32.7 Å². The van der Waals surface area contributed by atoms with Crippen molar-refractivity contribution >= 4 is 28.6 Å². The van der Waals surface area contributed by atoms with Crippen LogP contribution in [0.1, 0.15) is 6.42 Å². The van der Waals surface area contributed by atoms with Crippen molar-refractivity contribution in [3.05, 3.63) is 58.2 Å². The summed E-state index contributed by atoms with van der Waals surface area (Å²) < 4.78 is 5.70. The van der Waals surface area contributed by atoms with E-state index in [4.69, 9.17) is 16.3 Å². The van der Waals surface area contributed by atoms with Crippen LogP contribution in [0, 0.1) is 0 Å². The van der Waals surface area contributed by atoms with Crippen LogP contribution in [-0.4, -0.2) is 31.4 Å². The molecular formula is C21H20ClNO2S. The Labute approximate surface area is 162 Å². The van der Waals surface area contributed by atoms with E-state index in [1.807, 2.05) is 24.3 Å². The number of methoxy groups -OCH3 is 1. The van der Waals surface area contributed by atoms with Crippen LogP contribution >= 0.6 is 22.9 Å². The van der Waals surface area contributed by atoms with Gasteiger partial charge in [0.2, 0.25) is 0 Å². The second-order valence-corrected chi connectivity index (χ2v) is 7.69. The van der Waals surface area contributed by atoms with Gasteiger partial charge >= 0.3 is 0 Å².